The molecule has 0 aliphatic carbocycles. The van der Waals surface area contributed by atoms with Crippen molar-refractivity contribution in [3.05, 3.63) is 20.4 Å². The van der Waals surface area contributed by atoms with Crippen LogP contribution in [0.25, 0.3) is 0 Å². The lowest BCUT2D eigenvalue weighted by molar-refractivity contribution is 0.332. The van der Waals surface area contributed by atoms with Gasteiger partial charge in [0.1, 0.15) is 5.69 Å². The molecule has 0 spiro atoms. The molecular formula is C10H14N2O3. The lowest BCUT2D eigenvalue weighted by Gasteiger charge is -2.30. The summed E-state index contributed by atoms with van der Waals surface area (Å²) in [5, 5.41) is 3.19. The summed E-state index contributed by atoms with van der Waals surface area (Å²) in [7, 11) is 0. The van der Waals surface area contributed by atoms with Crippen molar-refractivity contribution in [2.24, 2.45) is 0 Å². The van der Waals surface area contributed by atoms with Crippen LogP contribution in [0, 0.1) is 0 Å². The second kappa shape index (κ2) is 4.02. The first-order valence-electron chi connectivity index (χ1n) is 5.17. The van der Waals surface area contributed by atoms with Gasteiger partial charge in [0, 0.05) is 26.2 Å². The fourth-order valence-corrected chi connectivity index (χ4v) is 1.81. The van der Waals surface area contributed by atoms with Crippen LogP contribution in [0.2, 0.25) is 0 Å². The Morgan fingerprint density at radius 2 is 1.93 bits per heavy atom. The van der Waals surface area contributed by atoms with Gasteiger partial charge in [-0.3, -0.25) is 9.59 Å². The molecule has 1 N–H and O–H groups in total. The summed E-state index contributed by atoms with van der Waals surface area (Å²) >= 11 is 0. The van der Waals surface area contributed by atoms with Crippen molar-refractivity contribution in [1.29, 1.82) is 0 Å². The molecular weight excluding hydrogens is 196 g/mol. The third kappa shape index (κ3) is 1.63. The van der Waals surface area contributed by atoms with E-state index >= 15 is 0 Å². The molecule has 0 bridgehead atoms. The van der Waals surface area contributed by atoms with Crippen LogP contribution >= 0.6 is 0 Å². The summed E-state index contributed by atoms with van der Waals surface area (Å²) < 4.78 is 5.17. The van der Waals surface area contributed by atoms with E-state index in [1.807, 2.05) is 4.90 Å². The third-order valence-electron chi connectivity index (χ3n) is 2.56. The number of hydrogen-bond acceptors (Lipinski definition) is 5. The van der Waals surface area contributed by atoms with Crippen LogP contribution < -0.4 is 25.8 Å². The van der Waals surface area contributed by atoms with Crippen molar-refractivity contribution in [2.45, 2.75) is 6.92 Å². The maximum atomic E-state index is 11.4. The van der Waals surface area contributed by atoms with Gasteiger partial charge in [0.2, 0.25) is 0 Å². The maximum absolute atomic E-state index is 11.4. The zero-order valence-electron chi connectivity index (χ0n) is 8.71. The first kappa shape index (κ1) is 10.2. The number of nitrogens with one attached hydrogen (secondary N) is 1. The van der Waals surface area contributed by atoms with Crippen molar-refractivity contribution in [3.63, 3.8) is 0 Å². The Morgan fingerprint density at radius 3 is 2.53 bits per heavy atom. The number of rotatable bonds is 3. The Morgan fingerprint density at radius 1 is 1.27 bits per heavy atom. The number of anilines is 1. The molecule has 2 rings (SSSR count). The lowest BCUT2D eigenvalue weighted by Crippen LogP contribution is -2.49. The van der Waals surface area contributed by atoms with Gasteiger partial charge >= 0.3 is 0 Å². The molecule has 1 saturated heterocycles. The van der Waals surface area contributed by atoms with E-state index in [1.165, 1.54) is 0 Å². The maximum Gasteiger partial charge on any atom is 0.272 e. The lowest BCUT2D eigenvalue weighted by atomic mass is 10.2. The highest BCUT2D eigenvalue weighted by atomic mass is 16.5. The van der Waals surface area contributed by atoms with E-state index in [0.29, 0.717) is 12.3 Å². The molecule has 1 fully saturated rings. The highest BCUT2D eigenvalue weighted by Gasteiger charge is 2.27. The average Bonchev–Trinajstić information content (AvgIpc) is 2.29. The Bertz CT molecular complexity index is 414. The molecule has 0 saturated carbocycles. The largest absolute Gasteiger partial charge is 0.488 e. The van der Waals surface area contributed by atoms with Crippen LogP contribution in [0.4, 0.5) is 5.69 Å². The van der Waals surface area contributed by atoms with Crippen LogP contribution in [-0.4, -0.2) is 32.8 Å². The van der Waals surface area contributed by atoms with Gasteiger partial charge in [-0.15, -0.1) is 0 Å². The van der Waals surface area contributed by atoms with Crippen LogP contribution in [0.5, 0.6) is 5.75 Å². The van der Waals surface area contributed by atoms with E-state index in [4.69, 9.17) is 4.74 Å². The Hall–Kier alpha value is -1.36. The van der Waals surface area contributed by atoms with E-state index in [-0.39, 0.29) is 5.75 Å². The molecule has 5 nitrogen and oxygen atoms in total. The molecule has 0 aromatic heterocycles. The second-order valence-electron chi connectivity index (χ2n) is 3.51. The van der Waals surface area contributed by atoms with Gasteiger partial charge in [0.15, 0.2) is 5.75 Å². The van der Waals surface area contributed by atoms with Gasteiger partial charge in [0.05, 0.1) is 6.61 Å². The quantitative estimate of drug-likeness (QED) is 0.655. The molecule has 0 amide bonds. The predicted molar refractivity (Wildman–Crippen MR) is 57.6 cm³/mol. The summed E-state index contributed by atoms with van der Waals surface area (Å²) in [5.74, 6) is 0.254. The smallest absolute Gasteiger partial charge is 0.272 e. The van der Waals surface area contributed by atoms with E-state index in [0.717, 1.165) is 26.2 Å². The highest BCUT2D eigenvalue weighted by Crippen LogP contribution is 2.22. The minimum Gasteiger partial charge on any atom is -0.488 e. The zero-order chi connectivity index (χ0) is 10.8. The van der Waals surface area contributed by atoms with Crippen LogP contribution in [0.1, 0.15) is 6.92 Å². The first-order valence-corrected chi connectivity index (χ1v) is 5.17. The number of ether oxygens (including phenoxy) is 1. The van der Waals surface area contributed by atoms with Gasteiger partial charge in [-0.2, -0.15) is 0 Å². The minimum absolute atomic E-state index is 0.254. The number of piperazine rings is 1. The molecule has 1 aromatic rings. The van der Waals surface area contributed by atoms with E-state index in [9.17, 15) is 9.59 Å². The molecule has 1 heterocycles. The Kier molecular flexibility index (Phi) is 2.73. The molecule has 1 aliphatic rings. The van der Waals surface area contributed by atoms with Crippen molar-refractivity contribution < 1.29 is 4.74 Å². The van der Waals surface area contributed by atoms with Crippen molar-refractivity contribution in [1.82, 2.24) is 5.32 Å². The van der Waals surface area contributed by atoms with Gasteiger partial charge in [-0.25, -0.2) is 0 Å². The third-order valence-corrected chi connectivity index (χ3v) is 2.56. The van der Waals surface area contributed by atoms with Crippen molar-refractivity contribution >= 4 is 5.69 Å². The zero-order valence-corrected chi connectivity index (χ0v) is 8.71. The molecule has 1 aliphatic heterocycles. The fourth-order valence-electron chi connectivity index (χ4n) is 1.81. The summed E-state index contributed by atoms with van der Waals surface area (Å²) in [5.41, 5.74) is -0.408. The second-order valence-corrected chi connectivity index (χ2v) is 3.51. The normalized spacial score (nSPS) is 17.0. The van der Waals surface area contributed by atoms with Crippen LogP contribution in [0.3, 0.4) is 0 Å². The number of nitrogens with zero attached hydrogens (tertiary/aromatic N) is 1. The van der Waals surface area contributed by atoms with Gasteiger partial charge < -0.3 is 15.0 Å². The monoisotopic (exact) mass is 210 g/mol. The number of hydrogen-bond donors (Lipinski definition) is 1. The van der Waals surface area contributed by atoms with Crippen molar-refractivity contribution in [3.8, 4) is 5.75 Å². The van der Waals surface area contributed by atoms with Gasteiger partial charge in [0.25, 0.3) is 10.9 Å². The molecule has 1 aromatic carbocycles. The summed E-state index contributed by atoms with van der Waals surface area (Å²) in [6.07, 6.45) is 0. The first-order chi connectivity index (χ1) is 7.25. The molecule has 15 heavy (non-hydrogen) atoms. The SMILES string of the molecule is CCOc1c(N2CCNCC2)c(=O)c1=O. The summed E-state index contributed by atoms with van der Waals surface area (Å²) in [6.45, 7) is 5.41. The van der Waals surface area contributed by atoms with Gasteiger partial charge in [-0.1, -0.05) is 0 Å². The van der Waals surface area contributed by atoms with Crippen LogP contribution in [0.15, 0.2) is 9.59 Å². The molecule has 0 radical (unpaired) electrons. The highest BCUT2D eigenvalue weighted by molar-refractivity contribution is 5.64. The molecule has 0 unspecified atom stereocenters. The average molecular weight is 210 g/mol. The van der Waals surface area contributed by atoms with Gasteiger partial charge in [-0.05, 0) is 6.92 Å². The summed E-state index contributed by atoms with van der Waals surface area (Å²) in [4.78, 5) is 24.5. The predicted octanol–water partition coefficient (Wildman–Crippen LogP) is -0.909. The van der Waals surface area contributed by atoms with E-state index in [2.05, 4.69) is 5.32 Å². The van der Waals surface area contributed by atoms with E-state index in [1.54, 1.807) is 6.92 Å². The van der Waals surface area contributed by atoms with Crippen LogP contribution in [-0.2, 0) is 0 Å². The molecule has 5 heteroatoms. The standard InChI is InChI=1S/C10H14N2O3/c1-2-15-10-7(8(13)9(10)14)12-5-3-11-4-6-12/h11H,2-6H2,1H3. The Balaban J connectivity index is 2.23. The molecule has 0 atom stereocenters. The fraction of sp³-hybridized carbons (Fsp3) is 0.600. The summed E-state index contributed by atoms with van der Waals surface area (Å²) in [6, 6.07) is 0. The minimum atomic E-state index is -0.481. The van der Waals surface area contributed by atoms with Crippen molar-refractivity contribution in [2.75, 3.05) is 37.7 Å². The Labute approximate surface area is 87.3 Å². The topological polar surface area (TPSA) is 58.6 Å². The molecule has 82 valence electrons. The van der Waals surface area contributed by atoms with E-state index < -0.39 is 10.9 Å².